The molecule has 1 aromatic heterocycles. The van der Waals surface area contributed by atoms with Gasteiger partial charge in [0.1, 0.15) is 12.4 Å². The Morgan fingerprint density at radius 2 is 1.79 bits per heavy atom. The lowest BCUT2D eigenvalue weighted by Crippen LogP contribution is -2.45. The van der Waals surface area contributed by atoms with E-state index in [1.165, 1.54) is 19.2 Å². The van der Waals surface area contributed by atoms with Gasteiger partial charge in [-0.05, 0) is 56.0 Å². The van der Waals surface area contributed by atoms with Gasteiger partial charge < -0.3 is 13.9 Å². The van der Waals surface area contributed by atoms with Gasteiger partial charge >= 0.3 is 11.9 Å². The van der Waals surface area contributed by atoms with Crippen molar-refractivity contribution in [2.24, 2.45) is 0 Å². The van der Waals surface area contributed by atoms with Crippen molar-refractivity contribution < 1.29 is 31.9 Å². The molecule has 1 aliphatic carbocycles. The van der Waals surface area contributed by atoms with E-state index in [9.17, 15) is 18.0 Å². The quantitative estimate of drug-likeness (QED) is 0.659. The maximum Gasteiger partial charge on any atom is 0.373 e. The smallest absolute Gasteiger partial charge is 0.373 e. The first-order chi connectivity index (χ1) is 13.7. The maximum atomic E-state index is 13.5. The fraction of sp³-hybridized carbons (Fsp3) is 0.429. The first-order valence-corrected chi connectivity index (χ1v) is 10.9. The van der Waals surface area contributed by atoms with Crippen LogP contribution in [0.5, 0.6) is 0 Å². The van der Waals surface area contributed by atoms with E-state index in [0.717, 1.165) is 5.56 Å². The van der Waals surface area contributed by atoms with Crippen molar-refractivity contribution in [2.75, 3.05) is 7.11 Å². The molecular weight excluding hydrogens is 396 g/mol. The van der Waals surface area contributed by atoms with Gasteiger partial charge in [-0.25, -0.2) is 13.2 Å². The fourth-order valence-corrected chi connectivity index (χ4v) is 6.03. The summed E-state index contributed by atoms with van der Waals surface area (Å²) in [5, 5.41) is 0. The summed E-state index contributed by atoms with van der Waals surface area (Å²) in [7, 11) is -2.72. The first kappa shape index (κ1) is 21.1. The van der Waals surface area contributed by atoms with Crippen LogP contribution in [0.2, 0.25) is 0 Å². The van der Waals surface area contributed by atoms with Crippen LogP contribution in [-0.2, 0) is 30.7 Å². The third kappa shape index (κ3) is 3.81. The number of rotatable bonds is 6. The van der Waals surface area contributed by atoms with Crippen LogP contribution < -0.4 is 0 Å². The molecule has 7 nitrogen and oxygen atoms in total. The Morgan fingerprint density at radius 1 is 1.10 bits per heavy atom. The molecule has 1 fully saturated rings. The van der Waals surface area contributed by atoms with Gasteiger partial charge in [-0.1, -0.05) is 25.0 Å². The monoisotopic (exact) mass is 420 g/mol. The number of esters is 2. The Hall–Kier alpha value is -2.61. The molecule has 29 heavy (non-hydrogen) atoms. The summed E-state index contributed by atoms with van der Waals surface area (Å²) in [5.74, 6) is -1.22. The number of methoxy groups -OCH3 is 1. The van der Waals surface area contributed by atoms with Gasteiger partial charge in [-0.2, -0.15) is 0 Å². The van der Waals surface area contributed by atoms with Gasteiger partial charge in [0, 0.05) is 0 Å². The van der Waals surface area contributed by atoms with E-state index >= 15 is 0 Å². The van der Waals surface area contributed by atoms with E-state index in [-0.39, 0.29) is 35.9 Å². The average Bonchev–Trinajstić information content (AvgIpc) is 3.38. The highest BCUT2D eigenvalue weighted by atomic mass is 32.2. The zero-order valence-electron chi connectivity index (χ0n) is 16.7. The molecule has 0 N–H and O–H groups in total. The molecule has 3 rings (SSSR count). The van der Waals surface area contributed by atoms with Crippen LogP contribution in [0.3, 0.4) is 0 Å². The van der Waals surface area contributed by atoms with Gasteiger partial charge in [0.05, 0.1) is 12.0 Å². The third-order valence-electron chi connectivity index (χ3n) is 5.32. The number of carbonyl (C=O) groups excluding carboxylic acids is 2. The fourth-order valence-electron chi connectivity index (χ4n) is 3.67. The van der Waals surface area contributed by atoms with Crippen molar-refractivity contribution in [1.82, 2.24) is 0 Å². The Bertz CT molecular complexity index is 1030. The van der Waals surface area contributed by atoms with Gasteiger partial charge in [-0.3, -0.25) is 4.79 Å². The Labute approximate surface area is 169 Å². The summed E-state index contributed by atoms with van der Waals surface area (Å²) >= 11 is 0. The molecule has 1 heterocycles. The summed E-state index contributed by atoms with van der Waals surface area (Å²) in [5.41, 5.74) is 1.41. The standard InChI is InChI=1S/C21H24O7S/c1-14-6-7-15(2)18(12-14)29(24,25)21(10-4-5-11-21)20(23)27-13-16-8-9-17(28-16)19(22)26-3/h6-9,12H,4-5,10-11,13H2,1-3H3. The predicted molar refractivity (Wildman–Crippen MR) is 104 cm³/mol. The number of furan rings is 1. The van der Waals surface area contributed by atoms with Crippen molar-refractivity contribution >= 4 is 21.8 Å². The van der Waals surface area contributed by atoms with Crippen molar-refractivity contribution in [3.63, 3.8) is 0 Å². The third-order valence-corrected chi connectivity index (χ3v) is 7.95. The molecule has 1 aliphatic rings. The highest BCUT2D eigenvalue weighted by Crippen LogP contribution is 2.42. The molecule has 0 amide bonds. The van der Waals surface area contributed by atoms with E-state index < -0.39 is 26.5 Å². The molecule has 2 aromatic rings. The molecule has 156 valence electrons. The predicted octanol–water partition coefficient (Wildman–Crippen LogP) is 3.51. The number of hydrogen-bond acceptors (Lipinski definition) is 7. The van der Waals surface area contributed by atoms with Crippen molar-refractivity contribution in [1.29, 1.82) is 0 Å². The summed E-state index contributed by atoms with van der Waals surface area (Å²) < 4.78 is 40.7. The molecule has 0 saturated heterocycles. The second-order valence-electron chi connectivity index (χ2n) is 7.31. The van der Waals surface area contributed by atoms with Crippen LogP contribution in [-0.4, -0.2) is 32.2 Å². The molecular formula is C21H24O7S. The maximum absolute atomic E-state index is 13.5. The van der Waals surface area contributed by atoms with Crippen molar-refractivity contribution in [3.05, 3.63) is 53.0 Å². The van der Waals surface area contributed by atoms with Gasteiger partial charge in [0.2, 0.25) is 5.76 Å². The minimum atomic E-state index is -3.95. The minimum Gasteiger partial charge on any atom is -0.463 e. The summed E-state index contributed by atoms with van der Waals surface area (Å²) in [6.07, 6.45) is 1.69. The Balaban J connectivity index is 1.86. The van der Waals surface area contributed by atoms with Crippen LogP contribution in [0.25, 0.3) is 0 Å². The molecule has 0 radical (unpaired) electrons. The van der Waals surface area contributed by atoms with E-state index in [1.807, 2.05) is 13.0 Å². The second-order valence-corrected chi connectivity index (χ2v) is 9.54. The van der Waals surface area contributed by atoms with Gasteiger partial charge in [0.25, 0.3) is 0 Å². The number of sulfone groups is 1. The lowest BCUT2D eigenvalue weighted by atomic mass is 10.1. The molecule has 0 atom stereocenters. The van der Waals surface area contributed by atoms with Crippen LogP contribution >= 0.6 is 0 Å². The number of hydrogen-bond donors (Lipinski definition) is 0. The largest absolute Gasteiger partial charge is 0.463 e. The molecule has 1 aromatic carbocycles. The van der Waals surface area contributed by atoms with Gasteiger partial charge in [0.15, 0.2) is 14.6 Å². The number of carbonyl (C=O) groups is 2. The number of aryl methyl sites for hydroxylation is 2. The zero-order valence-corrected chi connectivity index (χ0v) is 17.5. The van der Waals surface area contributed by atoms with E-state index in [2.05, 4.69) is 4.74 Å². The summed E-state index contributed by atoms with van der Waals surface area (Å²) in [6, 6.07) is 8.08. The number of benzene rings is 1. The summed E-state index contributed by atoms with van der Waals surface area (Å²) in [4.78, 5) is 24.7. The minimum absolute atomic E-state index is 0.0165. The van der Waals surface area contributed by atoms with E-state index in [4.69, 9.17) is 9.15 Å². The van der Waals surface area contributed by atoms with Crippen molar-refractivity contribution in [3.8, 4) is 0 Å². The van der Waals surface area contributed by atoms with Crippen LogP contribution in [0.4, 0.5) is 0 Å². The highest BCUT2D eigenvalue weighted by molar-refractivity contribution is 7.93. The number of ether oxygens (including phenoxy) is 2. The van der Waals surface area contributed by atoms with E-state index in [0.29, 0.717) is 18.4 Å². The Kier molecular flexibility index (Phi) is 5.84. The van der Waals surface area contributed by atoms with E-state index in [1.54, 1.807) is 19.1 Å². The average molecular weight is 420 g/mol. The Morgan fingerprint density at radius 3 is 2.45 bits per heavy atom. The SMILES string of the molecule is COC(=O)c1ccc(COC(=O)C2(S(=O)(=O)c3cc(C)ccc3C)CCCC2)o1. The molecule has 0 unspecified atom stereocenters. The highest BCUT2D eigenvalue weighted by Gasteiger charge is 2.54. The van der Waals surface area contributed by atoms with Crippen LogP contribution in [0.15, 0.2) is 39.6 Å². The van der Waals surface area contributed by atoms with Crippen LogP contribution in [0, 0.1) is 13.8 Å². The lowest BCUT2D eigenvalue weighted by molar-refractivity contribution is -0.148. The molecule has 0 spiro atoms. The molecule has 8 heteroatoms. The summed E-state index contributed by atoms with van der Waals surface area (Å²) in [6.45, 7) is 3.27. The van der Waals surface area contributed by atoms with Gasteiger partial charge in [-0.15, -0.1) is 0 Å². The molecule has 1 saturated carbocycles. The second kappa shape index (κ2) is 8.02. The molecule has 0 bridgehead atoms. The normalized spacial score (nSPS) is 15.8. The van der Waals surface area contributed by atoms with Crippen molar-refractivity contribution in [2.45, 2.75) is 55.8 Å². The lowest BCUT2D eigenvalue weighted by Gasteiger charge is -2.27. The zero-order chi connectivity index (χ0) is 21.2. The van der Waals surface area contributed by atoms with Crippen LogP contribution in [0.1, 0.15) is 53.1 Å². The first-order valence-electron chi connectivity index (χ1n) is 9.37. The topological polar surface area (TPSA) is 99.9 Å². The molecule has 0 aliphatic heterocycles.